The van der Waals surface area contributed by atoms with Crippen molar-refractivity contribution in [2.75, 3.05) is 33.2 Å². The number of aryl methyl sites for hydroxylation is 1. The number of benzene rings is 1. The Bertz CT molecular complexity index is 764. The van der Waals surface area contributed by atoms with E-state index in [1.807, 2.05) is 36.1 Å². The number of carbonyl (C=O) groups excluding carboxylic acids is 2. The van der Waals surface area contributed by atoms with Crippen molar-refractivity contribution in [1.29, 1.82) is 0 Å². The number of nitrogens with one attached hydrogen (secondary N) is 3. The predicted octanol–water partition coefficient (Wildman–Crippen LogP) is 2.69. The molecule has 1 saturated heterocycles. The van der Waals surface area contributed by atoms with Gasteiger partial charge < -0.3 is 20.9 Å². The van der Waals surface area contributed by atoms with Gasteiger partial charge in [-0.05, 0) is 38.3 Å². The largest absolute Gasteiger partial charge is 0.355 e. The molecule has 0 aromatic heterocycles. The van der Waals surface area contributed by atoms with Crippen molar-refractivity contribution in [3.05, 3.63) is 35.4 Å². The maximum atomic E-state index is 12.7. The molecule has 31 heavy (non-hydrogen) atoms. The third-order valence-electron chi connectivity index (χ3n) is 6.00. The molecule has 1 saturated carbocycles. The van der Waals surface area contributed by atoms with E-state index in [4.69, 9.17) is 0 Å². The second-order valence-corrected chi connectivity index (χ2v) is 8.37. The molecular weight excluding hydrogens is 505 g/mol. The first-order chi connectivity index (χ1) is 14.6. The molecule has 0 bridgehead atoms. The zero-order valence-electron chi connectivity index (χ0n) is 18.7. The van der Waals surface area contributed by atoms with Crippen LogP contribution >= 0.6 is 24.0 Å². The van der Waals surface area contributed by atoms with Crippen LogP contribution in [-0.2, 0) is 4.79 Å². The predicted molar refractivity (Wildman–Crippen MR) is 135 cm³/mol. The Balaban J connectivity index is 0.00000341. The lowest BCUT2D eigenvalue weighted by atomic mass is 9.88. The Morgan fingerprint density at radius 1 is 1.10 bits per heavy atom. The summed E-state index contributed by atoms with van der Waals surface area (Å²) in [7, 11) is 1.74. The highest BCUT2D eigenvalue weighted by atomic mass is 127. The van der Waals surface area contributed by atoms with Gasteiger partial charge in [0.2, 0.25) is 5.91 Å². The molecule has 7 nitrogen and oxygen atoms in total. The monoisotopic (exact) mass is 541 g/mol. The Kier molecular flexibility index (Phi) is 10.6. The molecule has 172 valence electrons. The Hall–Kier alpha value is -1.84. The van der Waals surface area contributed by atoms with E-state index in [1.165, 1.54) is 19.3 Å². The fourth-order valence-corrected chi connectivity index (χ4v) is 4.32. The molecule has 1 aliphatic carbocycles. The number of guanidine groups is 1. The Labute approximate surface area is 202 Å². The molecule has 1 heterocycles. The fourth-order valence-electron chi connectivity index (χ4n) is 4.32. The quantitative estimate of drug-likeness (QED) is 0.224. The number of halogens is 1. The van der Waals surface area contributed by atoms with E-state index in [-0.39, 0.29) is 41.8 Å². The van der Waals surface area contributed by atoms with Crippen molar-refractivity contribution >= 4 is 41.8 Å². The van der Waals surface area contributed by atoms with Gasteiger partial charge in [-0.15, -0.1) is 24.0 Å². The Morgan fingerprint density at radius 2 is 1.84 bits per heavy atom. The van der Waals surface area contributed by atoms with Crippen molar-refractivity contribution in [3.8, 4) is 0 Å². The molecule has 3 N–H and O–H groups in total. The van der Waals surface area contributed by atoms with Gasteiger partial charge in [0.15, 0.2) is 5.96 Å². The average molecular weight is 541 g/mol. The highest BCUT2D eigenvalue weighted by Gasteiger charge is 2.31. The lowest BCUT2D eigenvalue weighted by Gasteiger charge is -2.26. The van der Waals surface area contributed by atoms with Gasteiger partial charge in [0.05, 0.1) is 0 Å². The molecule has 1 aliphatic heterocycles. The summed E-state index contributed by atoms with van der Waals surface area (Å²) < 4.78 is 0. The summed E-state index contributed by atoms with van der Waals surface area (Å²) in [6.45, 7) is 4.61. The van der Waals surface area contributed by atoms with Gasteiger partial charge in [-0.2, -0.15) is 0 Å². The number of likely N-dealkylation sites (tertiary alicyclic amines) is 1. The van der Waals surface area contributed by atoms with Crippen LogP contribution < -0.4 is 16.0 Å². The normalized spacial score (nSPS) is 19.5. The van der Waals surface area contributed by atoms with Gasteiger partial charge in [-0.1, -0.05) is 37.0 Å². The van der Waals surface area contributed by atoms with Crippen LogP contribution in [0.15, 0.2) is 29.3 Å². The molecule has 1 unspecified atom stereocenters. The van der Waals surface area contributed by atoms with E-state index in [9.17, 15) is 9.59 Å². The number of hydrogen-bond acceptors (Lipinski definition) is 3. The van der Waals surface area contributed by atoms with E-state index in [0.29, 0.717) is 30.5 Å². The number of aliphatic imine (C=N–C) groups is 1. The van der Waals surface area contributed by atoms with Crippen LogP contribution in [-0.4, -0.2) is 61.9 Å². The summed E-state index contributed by atoms with van der Waals surface area (Å²) >= 11 is 0. The van der Waals surface area contributed by atoms with Crippen LogP contribution in [0.25, 0.3) is 0 Å². The summed E-state index contributed by atoms with van der Waals surface area (Å²) in [4.78, 5) is 31.2. The number of carbonyl (C=O) groups is 2. The first kappa shape index (κ1) is 25.4. The maximum Gasteiger partial charge on any atom is 0.251 e. The molecule has 2 fully saturated rings. The third-order valence-corrected chi connectivity index (χ3v) is 6.00. The molecule has 1 atom stereocenters. The van der Waals surface area contributed by atoms with Crippen molar-refractivity contribution in [1.82, 2.24) is 20.9 Å². The first-order valence-corrected chi connectivity index (χ1v) is 11.2. The minimum atomic E-state index is -0.0730. The summed E-state index contributed by atoms with van der Waals surface area (Å²) in [5.41, 5.74) is 1.74. The summed E-state index contributed by atoms with van der Waals surface area (Å²) in [5, 5.41) is 9.58. The van der Waals surface area contributed by atoms with Gasteiger partial charge in [0.25, 0.3) is 5.91 Å². The molecule has 8 heteroatoms. The maximum absolute atomic E-state index is 12.7. The number of nitrogens with zero attached hydrogens (tertiary/aromatic N) is 2. The van der Waals surface area contributed by atoms with Crippen LogP contribution in [0.5, 0.6) is 0 Å². The Morgan fingerprint density at radius 3 is 2.55 bits per heavy atom. The molecule has 2 aliphatic rings. The van der Waals surface area contributed by atoms with E-state index in [0.717, 1.165) is 37.9 Å². The lowest BCUT2D eigenvalue weighted by Crippen LogP contribution is -2.47. The zero-order valence-corrected chi connectivity index (χ0v) is 21.0. The molecule has 1 aromatic carbocycles. The standard InChI is InChI=1S/C23H35N5O2.HI/c1-17-7-6-10-19(15-17)21(29)25-12-13-26-23(24-2)27-20-11-14-28(16-20)22(30)18-8-4-3-5-9-18;/h6-7,10,15,18,20H,3-5,8-9,11-14,16H2,1-2H3,(H,25,29)(H2,24,26,27);1H. The van der Waals surface area contributed by atoms with Crippen LogP contribution in [0, 0.1) is 12.8 Å². The molecule has 0 spiro atoms. The highest BCUT2D eigenvalue weighted by Crippen LogP contribution is 2.26. The second kappa shape index (κ2) is 12.9. The average Bonchev–Trinajstić information content (AvgIpc) is 3.24. The molecular formula is C23H36IN5O2. The SMILES string of the molecule is CN=C(NCCNC(=O)c1cccc(C)c1)NC1CCN(C(=O)C2CCCCC2)C1.I. The van der Waals surface area contributed by atoms with E-state index >= 15 is 0 Å². The molecule has 2 amide bonds. The first-order valence-electron chi connectivity index (χ1n) is 11.2. The lowest BCUT2D eigenvalue weighted by molar-refractivity contribution is -0.135. The van der Waals surface area contributed by atoms with Crippen LogP contribution in [0.1, 0.15) is 54.4 Å². The van der Waals surface area contributed by atoms with Crippen LogP contribution in [0.4, 0.5) is 0 Å². The van der Waals surface area contributed by atoms with Crippen LogP contribution in [0.3, 0.4) is 0 Å². The van der Waals surface area contributed by atoms with Crippen molar-refractivity contribution in [3.63, 3.8) is 0 Å². The van der Waals surface area contributed by atoms with Gasteiger partial charge in [0, 0.05) is 50.7 Å². The second-order valence-electron chi connectivity index (χ2n) is 8.37. The smallest absolute Gasteiger partial charge is 0.251 e. The minimum Gasteiger partial charge on any atom is -0.355 e. The van der Waals surface area contributed by atoms with E-state index < -0.39 is 0 Å². The molecule has 0 radical (unpaired) electrons. The van der Waals surface area contributed by atoms with E-state index in [2.05, 4.69) is 20.9 Å². The molecule has 3 rings (SSSR count). The third kappa shape index (κ3) is 7.66. The van der Waals surface area contributed by atoms with Crippen molar-refractivity contribution < 1.29 is 9.59 Å². The van der Waals surface area contributed by atoms with Crippen LogP contribution in [0.2, 0.25) is 0 Å². The number of amides is 2. The van der Waals surface area contributed by atoms with E-state index in [1.54, 1.807) is 7.05 Å². The summed E-state index contributed by atoms with van der Waals surface area (Å²) in [5.74, 6) is 1.20. The zero-order chi connectivity index (χ0) is 21.3. The van der Waals surface area contributed by atoms with Crippen molar-refractivity contribution in [2.24, 2.45) is 10.9 Å². The van der Waals surface area contributed by atoms with Crippen molar-refractivity contribution in [2.45, 2.75) is 51.5 Å². The van der Waals surface area contributed by atoms with Gasteiger partial charge >= 0.3 is 0 Å². The number of rotatable bonds is 6. The summed E-state index contributed by atoms with van der Waals surface area (Å²) in [6.07, 6.45) is 6.66. The minimum absolute atomic E-state index is 0. The molecule has 1 aromatic rings. The van der Waals surface area contributed by atoms with Gasteiger partial charge in [-0.25, -0.2) is 0 Å². The highest BCUT2D eigenvalue weighted by molar-refractivity contribution is 14.0. The fraction of sp³-hybridized carbons (Fsp3) is 0.609. The number of hydrogen-bond donors (Lipinski definition) is 3. The topological polar surface area (TPSA) is 85.8 Å². The summed E-state index contributed by atoms with van der Waals surface area (Å²) in [6, 6.07) is 7.77. The van der Waals surface area contributed by atoms with Gasteiger partial charge in [0.1, 0.15) is 0 Å². The van der Waals surface area contributed by atoms with Gasteiger partial charge in [-0.3, -0.25) is 14.6 Å².